The summed E-state index contributed by atoms with van der Waals surface area (Å²) in [6, 6.07) is 1.57. The molecule has 0 spiro atoms. The second-order valence-electron chi connectivity index (χ2n) is 15.0. The van der Waals surface area contributed by atoms with Crippen molar-refractivity contribution < 1.29 is 55.1 Å². The monoisotopic (exact) mass is 646 g/mol. The predicted molar refractivity (Wildman–Crippen MR) is 167 cm³/mol. The Kier molecular flexibility index (Phi) is 8.87. The zero-order valence-electron chi connectivity index (χ0n) is 27.5. The number of allylic oxidation sites excluding steroid dienone is 2. The van der Waals surface area contributed by atoms with Crippen LogP contribution in [0.5, 0.6) is 11.5 Å². The molecule has 1 heterocycles. The van der Waals surface area contributed by atoms with Crippen molar-refractivity contribution in [3.05, 3.63) is 47.1 Å². The molecule has 13 atom stereocenters. The van der Waals surface area contributed by atoms with Crippen molar-refractivity contribution >= 4 is 5.78 Å². The Bertz CT molecular complexity index is 1420. The maximum Gasteiger partial charge on any atom is 0.229 e. The highest BCUT2D eigenvalue weighted by molar-refractivity contribution is 5.93. The fourth-order valence-corrected chi connectivity index (χ4v) is 9.65. The number of phenolic OH excluding ortho intramolecular Hbond substituents is 1. The van der Waals surface area contributed by atoms with Crippen LogP contribution >= 0.6 is 0 Å². The number of carbonyl (C=O) groups excluding carboxylic acids is 1. The number of carbonyl (C=O) groups is 1. The van der Waals surface area contributed by atoms with Gasteiger partial charge in [0, 0.05) is 12.3 Å². The van der Waals surface area contributed by atoms with E-state index in [4.69, 9.17) is 9.47 Å². The largest absolute Gasteiger partial charge is 0.504 e. The lowest BCUT2D eigenvalue weighted by Crippen LogP contribution is -2.64. The highest BCUT2D eigenvalue weighted by Crippen LogP contribution is 2.72. The van der Waals surface area contributed by atoms with Crippen molar-refractivity contribution in [2.45, 2.75) is 121 Å². The Morgan fingerprint density at radius 3 is 2.43 bits per heavy atom. The average molecular weight is 647 g/mol. The minimum absolute atomic E-state index is 0.0214. The molecule has 0 bridgehead atoms. The first-order valence-corrected chi connectivity index (χ1v) is 16.1. The highest BCUT2D eigenvalue weighted by Gasteiger charge is 2.73. The van der Waals surface area contributed by atoms with Gasteiger partial charge < -0.3 is 50.3 Å². The van der Waals surface area contributed by atoms with Crippen LogP contribution in [0.15, 0.2) is 30.4 Å². The third-order valence-corrected chi connectivity index (χ3v) is 12.3. The van der Waals surface area contributed by atoms with Crippen LogP contribution in [-0.2, 0) is 21.4 Å². The number of hydrogen-bond donors (Lipinski definition) is 8. The van der Waals surface area contributed by atoms with Crippen molar-refractivity contribution in [3.63, 3.8) is 0 Å². The van der Waals surface area contributed by atoms with Crippen LogP contribution in [-0.4, -0.2) is 102 Å². The summed E-state index contributed by atoms with van der Waals surface area (Å²) in [5.74, 6) is -1.53. The van der Waals surface area contributed by atoms with E-state index < -0.39 is 77.3 Å². The van der Waals surface area contributed by atoms with Crippen molar-refractivity contribution in [1.29, 1.82) is 0 Å². The quantitative estimate of drug-likeness (QED) is 0.199. The zero-order valence-corrected chi connectivity index (χ0v) is 27.5. The van der Waals surface area contributed by atoms with E-state index in [9.17, 15) is 45.6 Å². The van der Waals surface area contributed by atoms with E-state index >= 15 is 0 Å². The molecule has 2 saturated carbocycles. The van der Waals surface area contributed by atoms with Gasteiger partial charge in [0.05, 0.1) is 23.7 Å². The molecule has 1 aliphatic heterocycles. The SMILES string of the molecule is C=C(C)/C=C/C(O)C(C)(O)C1C(O)CC2(C)C3CCc4c(cc(OC5OC(CO)C(O)C(O)C5O)c(O)c4C)C3(C)C(=O)CC12C. The predicted octanol–water partition coefficient (Wildman–Crippen LogP) is 1.31. The molecule has 46 heavy (non-hydrogen) atoms. The molecule has 256 valence electrons. The molecular weight excluding hydrogens is 596 g/mol. The number of rotatable bonds is 7. The summed E-state index contributed by atoms with van der Waals surface area (Å²) < 4.78 is 11.4. The number of fused-ring (bicyclic) bond motifs is 5. The molecule has 1 aromatic rings. The minimum Gasteiger partial charge on any atom is -0.504 e. The fourth-order valence-electron chi connectivity index (χ4n) is 9.65. The highest BCUT2D eigenvalue weighted by atomic mass is 16.7. The van der Waals surface area contributed by atoms with Gasteiger partial charge in [-0.15, -0.1) is 0 Å². The number of benzene rings is 1. The third-order valence-electron chi connectivity index (χ3n) is 12.3. The number of aliphatic hydroxyl groups excluding tert-OH is 6. The summed E-state index contributed by atoms with van der Waals surface area (Å²) in [5, 5.41) is 86.4. The lowest BCUT2D eigenvalue weighted by molar-refractivity contribution is -0.277. The van der Waals surface area contributed by atoms with Gasteiger partial charge in [0.15, 0.2) is 11.5 Å². The number of aromatic hydroxyl groups is 1. The summed E-state index contributed by atoms with van der Waals surface area (Å²) in [6.07, 6.45) is -5.51. The van der Waals surface area contributed by atoms with E-state index in [1.807, 2.05) is 13.8 Å². The molecule has 0 radical (unpaired) electrons. The smallest absolute Gasteiger partial charge is 0.229 e. The van der Waals surface area contributed by atoms with Crippen LogP contribution < -0.4 is 4.74 Å². The van der Waals surface area contributed by atoms with E-state index in [0.717, 1.165) is 5.56 Å². The first kappa shape index (κ1) is 35.0. The average Bonchev–Trinajstić information content (AvgIpc) is 3.19. The van der Waals surface area contributed by atoms with Gasteiger partial charge in [-0.1, -0.05) is 38.2 Å². The fraction of sp³-hybridized carbons (Fsp3) is 0.686. The van der Waals surface area contributed by atoms with Gasteiger partial charge in [-0.3, -0.25) is 4.79 Å². The summed E-state index contributed by atoms with van der Waals surface area (Å²) >= 11 is 0. The molecule has 13 unspecified atom stereocenters. The number of ketones is 1. The van der Waals surface area contributed by atoms with Crippen LogP contribution in [0.1, 0.15) is 70.6 Å². The summed E-state index contributed by atoms with van der Waals surface area (Å²) in [4.78, 5) is 14.6. The van der Waals surface area contributed by atoms with Gasteiger partial charge in [0.1, 0.15) is 36.3 Å². The Hall–Kier alpha value is -2.35. The number of Topliss-reactive ketones (excluding diaryl/α,β-unsaturated/α-hetero) is 1. The summed E-state index contributed by atoms with van der Waals surface area (Å²) in [7, 11) is 0. The molecule has 8 N–H and O–H groups in total. The minimum atomic E-state index is -1.76. The van der Waals surface area contributed by atoms with Crippen molar-refractivity contribution in [3.8, 4) is 11.5 Å². The number of hydrogen-bond acceptors (Lipinski definition) is 11. The van der Waals surface area contributed by atoms with Crippen LogP contribution in [0.3, 0.4) is 0 Å². The molecule has 11 nitrogen and oxygen atoms in total. The molecule has 11 heteroatoms. The van der Waals surface area contributed by atoms with E-state index in [1.165, 1.54) is 13.0 Å². The molecule has 0 amide bonds. The van der Waals surface area contributed by atoms with E-state index in [-0.39, 0.29) is 29.6 Å². The lowest BCUT2D eigenvalue weighted by atomic mass is 9.41. The third kappa shape index (κ3) is 4.89. The van der Waals surface area contributed by atoms with E-state index in [2.05, 4.69) is 13.5 Å². The Morgan fingerprint density at radius 1 is 1.17 bits per heavy atom. The maximum atomic E-state index is 14.6. The van der Waals surface area contributed by atoms with Gasteiger partial charge in [0.25, 0.3) is 0 Å². The van der Waals surface area contributed by atoms with Crippen molar-refractivity contribution in [1.82, 2.24) is 0 Å². The molecule has 0 aromatic heterocycles. The van der Waals surface area contributed by atoms with Crippen LogP contribution in [0.25, 0.3) is 0 Å². The second kappa shape index (κ2) is 11.7. The molecule has 1 aromatic carbocycles. The number of phenols is 1. The number of ether oxygens (including phenoxy) is 2. The summed E-state index contributed by atoms with van der Waals surface area (Å²) in [6.45, 7) is 14.0. The zero-order chi connectivity index (χ0) is 34.3. The molecule has 3 aliphatic carbocycles. The van der Waals surface area contributed by atoms with E-state index in [1.54, 1.807) is 26.0 Å². The Balaban J connectivity index is 1.55. The Morgan fingerprint density at radius 2 is 1.83 bits per heavy atom. The van der Waals surface area contributed by atoms with Crippen LogP contribution in [0, 0.1) is 29.6 Å². The van der Waals surface area contributed by atoms with Gasteiger partial charge in [-0.2, -0.15) is 0 Å². The molecule has 4 aliphatic rings. The number of aliphatic hydroxyl groups is 7. The molecule has 1 saturated heterocycles. The Labute approximate surface area is 269 Å². The normalized spacial score (nSPS) is 42.6. The molecular formula is C35H50O11. The van der Waals surface area contributed by atoms with Crippen LogP contribution in [0.4, 0.5) is 0 Å². The maximum absolute atomic E-state index is 14.6. The topological polar surface area (TPSA) is 197 Å². The first-order chi connectivity index (χ1) is 21.3. The van der Waals surface area contributed by atoms with Gasteiger partial charge in [-0.25, -0.2) is 0 Å². The lowest BCUT2D eigenvalue weighted by Gasteiger charge is -2.62. The van der Waals surface area contributed by atoms with Gasteiger partial charge >= 0.3 is 0 Å². The van der Waals surface area contributed by atoms with Crippen molar-refractivity contribution in [2.75, 3.05) is 6.61 Å². The van der Waals surface area contributed by atoms with Gasteiger partial charge in [-0.05, 0) is 86.5 Å². The van der Waals surface area contributed by atoms with Gasteiger partial charge in [0.2, 0.25) is 6.29 Å². The standard InChI is InChI=1S/C35H50O11/c1-16(2)8-11-24(38)35(7,44)30-20(37)13-32(4)23-10-9-18-17(3)26(40)21(12-19(18)34(23,6)25(39)14-33(30,32)5)45-31-29(43)28(42)27(41)22(15-36)46-31/h8,11-12,20,22-24,27-31,36-38,40-44H,1,9-10,13-15H2,2-7H3/b11-8+. The van der Waals surface area contributed by atoms with Crippen molar-refractivity contribution in [2.24, 2.45) is 22.7 Å². The molecule has 3 fully saturated rings. The summed E-state index contributed by atoms with van der Waals surface area (Å²) in [5.41, 5.74) is -1.75. The van der Waals surface area contributed by atoms with Crippen LogP contribution in [0.2, 0.25) is 0 Å². The van der Waals surface area contributed by atoms with E-state index in [0.29, 0.717) is 36.0 Å². The first-order valence-electron chi connectivity index (χ1n) is 16.1. The second-order valence-corrected chi connectivity index (χ2v) is 15.0. The molecule has 5 rings (SSSR count).